The monoisotopic (exact) mass is 730 g/mol. The first kappa shape index (κ1) is 37.6. The van der Waals surface area contributed by atoms with Crippen LogP contribution in [0.2, 0.25) is 0 Å². The van der Waals surface area contributed by atoms with Crippen LogP contribution in [0.5, 0.6) is 0 Å². The van der Waals surface area contributed by atoms with Gasteiger partial charge in [0.25, 0.3) is 0 Å². The number of rotatable bonds is 13. The number of hydrogen-bond donors (Lipinski definition) is 2. The summed E-state index contributed by atoms with van der Waals surface area (Å²) in [6.45, 7) is 0. The maximum Gasteiger partial charge on any atom is 0.346 e. The second-order valence-corrected chi connectivity index (χ2v) is 12.3. The van der Waals surface area contributed by atoms with E-state index in [0.29, 0.717) is 0 Å². The summed E-state index contributed by atoms with van der Waals surface area (Å²) in [6, 6.07) is 56.0. The molecule has 8 heteroatoms. The van der Waals surface area contributed by atoms with Crippen LogP contribution in [0.15, 0.2) is 193 Å². The third-order valence-electron chi connectivity index (χ3n) is 8.72. The van der Waals surface area contributed by atoms with Crippen LogP contribution < -0.4 is 9.80 Å². The number of hydrogen-bond acceptors (Lipinski definition) is 6. The van der Waals surface area contributed by atoms with E-state index in [1.165, 1.54) is 12.2 Å². The van der Waals surface area contributed by atoms with Crippen molar-refractivity contribution in [3.63, 3.8) is 0 Å². The molecule has 0 saturated carbocycles. The fourth-order valence-corrected chi connectivity index (χ4v) is 5.95. The molecule has 56 heavy (non-hydrogen) atoms. The molecular formula is C48H34N4O4. The number of anilines is 6. The number of carbonyl (C=O) groups is 2. The van der Waals surface area contributed by atoms with Gasteiger partial charge in [0.05, 0.1) is 0 Å². The smallest absolute Gasteiger partial charge is 0.346 e. The predicted octanol–water partition coefficient (Wildman–Crippen LogP) is 11.4. The number of benzene rings is 6. The molecule has 0 heterocycles. The van der Waals surface area contributed by atoms with Gasteiger partial charge < -0.3 is 20.0 Å². The summed E-state index contributed by atoms with van der Waals surface area (Å²) < 4.78 is 0. The quantitative estimate of drug-likeness (QED) is 0.0682. The van der Waals surface area contributed by atoms with Crippen LogP contribution in [0, 0.1) is 22.7 Å². The minimum absolute atomic E-state index is 0.331. The van der Waals surface area contributed by atoms with Crippen molar-refractivity contribution in [3.05, 3.63) is 204 Å². The maximum atomic E-state index is 11.1. The number of aliphatic carboxylic acids is 2. The second kappa shape index (κ2) is 18.0. The molecule has 0 saturated heterocycles. The Labute approximate surface area is 325 Å². The minimum atomic E-state index is -1.26. The Morgan fingerprint density at radius 2 is 0.714 bits per heavy atom. The summed E-state index contributed by atoms with van der Waals surface area (Å²) >= 11 is 0. The molecule has 6 rings (SSSR count). The number of nitrogens with zero attached hydrogens (tertiary/aromatic N) is 4. The van der Waals surface area contributed by atoms with E-state index in [2.05, 4.69) is 82.6 Å². The normalized spacial score (nSPS) is 11.5. The van der Waals surface area contributed by atoms with E-state index in [-0.39, 0.29) is 11.1 Å². The number of allylic oxidation sites excluding steroid dienone is 4. The van der Waals surface area contributed by atoms with E-state index in [4.69, 9.17) is 20.7 Å². The minimum Gasteiger partial charge on any atom is -0.477 e. The van der Waals surface area contributed by atoms with Gasteiger partial charge in [-0.25, -0.2) is 9.59 Å². The number of para-hydroxylation sites is 2. The van der Waals surface area contributed by atoms with Crippen molar-refractivity contribution < 1.29 is 19.8 Å². The van der Waals surface area contributed by atoms with Gasteiger partial charge in [-0.2, -0.15) is 10.5 Å². The molecule has 0 bridgehead atoms. The lowest BCUT2D eigenvalue weighted by Gasteiger charge is -2.26. The molecule has 0 unspecified atom stereocenters. The van der Waals surface area contributed by atoms with Crippen molar-refractivity contribution in [2.75, 3.05) is 9.80 Å². The highest BCUT2D eigenvalue weighted by Crippen LogP contribution is 2.38. The molecule has 2 N–H and O–H groups in total. The molecule has 0 atom stereocenters. The standard InChI is InChI=1S/C48H34N4O4/c49-33-39(47(53)54)11-7-9-35-17-25-43(26-18-35)51(41-13-3-1-4-14-41)45-29-21-37(22-30-45)38-23-31-46(32-24-38)52(42-15-5-2-6-16-42)44-27-19-36(20-28-44)10-8-12-40(34-50)48(55)56/h1-32H,(H,53,54)(H,55,56)/b9-7+,10-8+,39-11+,40-12+. The van der Waals surface area contributed by atoms with Gasteiger partial charge in [-0.15, -0.1) is 0 Å². The van der Waals surface area contributed by atoms with Crippen molar-refractivity contribution in [1.29, 1.82) is 10.5 Å². The Hall–Kier alpha value is -8.20. The van der Waals surface area contributed by atoms with Crippen molar-refractivity contribution in [3.8, 4) is 23.3 Å². The number of carboxylic acids is 2. The van der Waals surface area contributed by atoms with Crippen LogP contribution >= 0.6 is 0 Å². The second-order valence-electron chi connectivity index (χ2n) is 12.3. The first-order valence-electron chi connectivity index (χ1n) is 17.5. The van der Waals surface area contributed by atoms with Crippen LogP contribution in [-0.4, -0.2) is 22.2 Å². The molecule has 0 aliphatic heterocycles. The van der Waals surface area contributed by atoms with E-state index in [1.54, 1.807) is 36.4 Å². The lowest BCUT2D eigenvalue weighted by Crippen LogP contribution is -2.10. The van der Waals surface area contributed by atoms with Gasteiger partial charge in [0.2, 0.25) is 0 Å². The van der Waals surface area contributed by atoms with Crippen LogP contribution in [0.3, 0.4) is 0 Å². The molecular weight excluding hydrogens is 697 g/mol. The molecule has 0 spiro atoms. The molecule has 6 aromatic rings. The van der Waals surface area contributed by atoms with Crippen LogP contribution in [0.1, 0.15) is 11.1 Å². The lowest BCUT2D eigenvalue weighted by atomic mass is 10.0. The summed E-state index contributed by atoms with van der Waals surface area (Å²) in [4.78, 5) is 26.5. The zero-order chi connectivity index (χ0) is 39.3. The van der Waals surface area contributed by atoms with E-state index >= 15 is 0 Å². The van der Waals surface area contributed by atoms with Gasteiger partial charge in [-0.1, -0.05) is 109 Å². The average Bonchev–Trinajstić information content (AvgIpc) is 3.23. The largest absolute Gasteiger partial charge is 0.477 e. The first-order chi connectivity index (χ1) is 27.3. The highest BCUT2D eigenvalue weighted by Gasteiger charge is 2.15. The van der Waals surface area contributed by atoms with Gasteiger partial charge in [0.1, 0.15) is 23.3 Å². The SMILES string of the molecule is N#C/C(=C\C=C\c1ccc(N(c2ccccc2)c2ccc(-c3ccc(N(c4ccccc4)c4ccc(/C=C/C=C(\C#N)C(=O)O)cc4)cc3)cc2)cc1)C(=O)O. The van der Waals surface area contributed by atoms with Gasteiger partial charge in [0.15, 0.2) is 0 Å². The van der Waals surface area contributed by atoms with Crippen molar-refractivity contribution in [2.24, 2.45) is 0 Å². The zero-order valence-electron chi connectivity index (χ0n) is 30.0. The number of nitriles is 2. The topological polar surface area (TPSA) is 129 Å². The Bertz CT molecular complexity index is 2330. The predicted molar refractivity (Wildman–Crippen MR) is 222 cm³/mol. The fourth-order valence-electron chi connectivity index (χ4n) is 5.95. The third kappa shape index (κ3) is 9.23. The zero-order valence-corrected chi connectivity index (χ0v) is 30.0. The van der Waals surface area contributed by atoms with Gasteiger partial charge in [-0.05, 0) is 107 Å². The average molecular weight is 731 g/mol. The maximum absolute atomic E-state index is 11.1. The van der Waals surface area contributed by atoms with E-state index < -0.39 is 11.9 Å². The van der Waals surface area contributed by atoms with E-state index in [1.807, 2.05) is 84.9 Å². The highest BCUT2D eigenvalue weighted by atomic mass is 16.4. The third-order valence-corrected chi connectivity index (χ3v) is 8.72. The molecule has 270 valence electrons. The van der Waals surface area contributed by atoms with Gasteiger partial charge in [-0.3, -0.25) is 0 Å². The van der Waals surface area contributed by atoms with Crippen LogP contribution in [0.4, 0.5) is 34.1 Å². The Morgan fingerprint density at radius 1 is 0.429 bits per heavy atom. The molecule has 0 radical (unpaired) electrons. The Kier molecular flexibility index (Phi) is 12.1. The first-order valence-corrected chi connectivity index (χ1v) is 17.5. The fraction of sp³-hybridized carbons (Fsp3) is 0. The molecule has 8 nitrogen and oxygen atoms in total. The Morgan fingerprint density at radius 3 is 1.00 bits per heavy atom. The van der Waals surface area contributed by atoms with Gasteiger partial charge in [0, 0.05) is 34.1 Å². The van der Waals surface area contributed by atoms with Crippen molar-refractivity contribution in [2.45, 2.75) is 0 Å². The lowest BCUT2D eigenvalue weighted by molar-refractivity contribution is -0.133. The summed E-state index contributed by atoms with van der Waals surface area (Å²) in [5.41, 5.74) is 8.97. The summed E-state index contributed by atoms with van der Waals surface area (Å²) in [5.74, 6) is -2.52. The van der Waals surface area contributed by atoms with Crippen LogP contribution in [-0.2, 0) is 9.59 Å². The van der Waals surface area contributed by atoms with E-state index in [9.17, 15) is 9.59 Å². The molecule has 0 fully saturated rings. The van der Waals surface area contributed by atoms with Gasteiger partial charge >= 0.3 is 11.9 Å². The van der Waals surface area contributed by atoms with Crippen molar-refractivity contribution in [1.82, 2.24) is 0 Å². The Balaban J connectivity index is 1.24. The van der Waals surface area contributed by atoms with Crippen molar-refractivity contribution >= 4 is 58.2 Å². The molecule has 0 aliphatic carbocycles. The van der Waals surface area contributed by atoms with E-state index in [0.717, 1.165) is 56.4 Å². The summed E-state index contributed by atoms with van der Waals surface area (Å²) in [7, 11) is 0. The summed E-state index contributed by atoms with van der Waals surface area (Å²) in [6.07, 6.45) is 9.17. The molecule has 0 amide bonds. The summed E-state index contributed by atoms with van der Waals surface area (Å²) in [5, 5.41) is 36.1. The molecule has 0 aromatic heterocycles. The van der Waals surface area contributed by atoms with Crippen LogP contribution in [0.25, 0.3) is 23.3 Å². The number of carboxylic acid groups (broad SMARTS) is 2. The molecule has 6 aromatic carbocycles. The highest BCUT2D eigenvalue weighted by molar-refractivity contribution is 5.92. The molecule has 0 aliphatic rings.